The molecule has 1 N–H and O–H groups in total. The molecule has 0 aliphatic rings. The molecule has 2 aromatic rings. The molecular weight excluding hydrogens is 422 g/mol. The fraction of sp³-hybridized carbons (Fsp3) is 0.440. The summed E-state index contributed by atoms with van der Waals surface area (Å²) in [6.45, 7) is 13.1. The number of aliphatic hydroxyl groups is 1. The summed E-state index contributed by atoms with van der Waals surface area (Å²) in [5, 5.41) is 13.0. The van der Waals surface area contributed by atoms with Gasteiger partial charge in [0.25, 0.3) is 0 Å². The highest BCUT2D eigenvalue weighted by Gasteiger charge is 2.38. The standard InChI is InChI=1S/C25H37NO3SSi/c1-20(19-30(28,26-5)22-16-12-9-13-17-22)24(21-14-10-8-11-15-21)23(27)18-29-31(6,7)25(2,3)4/h8-17,19,23-24,27H,18H2,1-7H3/b20-19-/t23-,24-,30-/m0/s1. The van der Waals surface area contributed by atoms with Crippen LogP contribution in [0, 0.1) is 0 Å². The minimum Gasteiger partial charge on any atom is -0.414 e. The second-order valence-corrected chi connectivity index (χ2v) is 16.5. The fourth-order valence-electron chi connectivity index (χ4n) is 3.22. The Morgan fingerprint density at radius 2 is 1.61 bits per heavy atom. The molecule has 0 heterocycles. The topological polar surface area (TPSA) is 58.9 Å². The van der Waals surface area contributed by atoms with Gasteiger partial charge in [-0.25, -0.2) is 8.57 Å². The first-order valence-corrected chi connectivity index (χ1v) is 15.2. The summed E-state index contributed by atoms with van der Waals surface area (Å²) in [5.41, 5.74) is 1.78. The van der Waals surface area contributed by atoms with Crippen LogP contribution in [0.1, 0.15) is 39.2 Å². The van der Waals surface area contributed by atoms with Gasteiger partial charge in [-0.2, -0.15) is 0 Å². The summed E-state index contributed by atoms with van der Waals surface area (Å²) in [7, 11) is -3.17. The van der Waals surface area contributed by atoms with E-state index in [4.69, 9.17) is 4.43 Å². The third-order valence-electron chi connectivity index (χ3n) is 6.15. The molecule has 6 heteroatoms. The first-order chi connectivity index (χ1) is 14.4. The van der Waals surface area contributed by atoms with Gasteiger partial charge in [-0.15, -0.1) is 0 Å². The quantitative estimate of drug-likeness (QED) is 0.477. The van der Waals surface area contributed by atoms with E-state index in [1.54, 1.807) is 12.5 Å². The molecule has 0 fully saturated rings. The zero-order chi connectivity index (χ0) is 23.3. The SMILES string of the molecule is CN=[S@](=O)(/C=C(/C)[C@@H](c1ccccc1)[C@@H](O)CO[Si](C)(C)C(C)(C)C)c1ccccc1. The van der Waals surface area contributed by atoms with Crippen molar-refractivity contribution in [2.75, 3.05) is 13.7 Å². The van der Waals surface area contributed by atoms with E-state index >= 15 is 0 Å². The lowest BCUT2D eigenvalue weighted by atomic mass is 9.88. The van der Waals surface area contributed by atoms with Gasteiger partial charge in [0, 0.05) is 18.4 Å². The van der Waals surface area contributed by atoms with Crippen molar-refractivity contribution < 1.29 is 13.7 Å². The number of nitrogens with zero attached hydrogens (tertiary/aromatic N) is 1. The smallest absolute Gasteiger partial charge is 0.192 e. The van der Waals surface area contributed by atoms with E-state index in [-0.39, 0.29) is 17.6 Å². The van der Waals surface area contributed by atoms with E-state index in [1.807, 2.05) is 67.6 Å². The molecule has 0 saturated heterocycles. The molecule has 0 amide bonds. The predicted octanol–water partition coefficient (Wildman–Crippen LogP) is 6.21. The lowest BCUT2D eigenvalue weighted by Gasteiger charge is -2.37. The monoisotopic (exact) mass is 459 g/mol. The van der Waals surface area contributed by atoms with Crippen LogP contribution in [0.25, 0.3) is 0 Å². The van der Waals surface area contributed by atoms with Crippen molar-refractivity contribution in [3.63, 3.8) is 0 Å². The van der Waals surface area contributed by atoms with Crippen LogP contribution in [0.15, 0.2) is 80.9 Å². The van der Waals surface area contributed by atoms with Gasteiger partial charge in [0.05, 0.1) is 27.3 Å². The molecule has 0 unspecified atom stereocenters. The number of rotatable bonds is 8. The number of aliphatic hydroxyl groups excluding tert-OH is 1. The van der Waals surface area contributed by atoms with Gasteiger partial charge in [-0.1, -0.05) is 74.9 Å². The van der Waals surface area contributed by atoms with Gasteiger partial charge in [-0.3, -0.25) is 0 Å². The van der Waals surface area contributed by atoms with E-state index in [0.717, 1.165) is 11.1 Å². The van der Waals surface area contributed by atoms with Gasteiger partial charge in [0.15, 0.2) is 8.32 Å². The molecule has 0 aliphatic carbocycles. The zero-order valence-corrected chi connectivity index (χ0v) is 21.6. The summed E-state index contributed by atoms with van der Waals surface area (Å²) in [6.07, 6.45) is -0.760. The Morgan fingerprint density at radius 1 is 1.10 bits per heavy atom. The van der Waals surface area contributed by atoms with E-state index in [9.17, 15) is 9.32 Å². The third-order valence-corrected chi connectivity index (χ3v) is 12.8. The minimum atomic E-state index is -2.74. The van der Waals surface area contributed by atoms with Gasteiger partial charge in [0.2, 0.25) is 0 Å². The molecule has 170 valence electrons. The summed E-state index contributed by atoms with van der Waals surface area (Å²) in [5.74, 6) is -0.336. The molecule has 3 atom stereocenters. The summed E-state index contributed by atoms with van der Waals surface area (Å²) >= 11 is 0. The largest absolute Gasteiger partial charge is 0.414 e. The Morgan fingerprint density at radius 3 is 2.10 bits per heavy atom. The maximum Gasteiger partial charge on any atom is 0.192 e. The highest BCUT2D eigenvalue weighted by Crippen LogP contribution is 2.37. The van der Waals surface area contributed by atoms with Gasteiger partial charge in [0.1, 0.15) is 0 Å². The Hall–Kier alpha value is -1.73. The summed E-state index contributed by atoms with van der Waals surface area (Å²) in [4.78, 5) is 0.663. The van der Waals surface area contributed by atoms with E-state index in [2.05, 4.69) is 38.2 Å². The maximum absolute atomic E-state index is 13.6. The van der Waals surface area contributed by atoms with E-state index in [0.29, 0.717) is 4.90 Å². The molecule has 4 nitrogen and oxygen atoms in total. The van der Waals surface area contributed by atoms with Crippen LogP contribution in [0.3, 0.4) is 0 Å². The highest BCUT2D eigenvalue weighted by molar-refractivity contribution is 7.96. The van der Waals surface area contributed by atoms with Crippen molar-refractivity contribution in [2.24, 2.45) is 4.36 Å². The van der Waals surface area contributed by atoms with Crippen molar-refractivity contribution in [3.8, 4) is 0 Å². The van der Waals surface area contributed by atoms with Crippen LogP contribution in [0.4, 0.5) is 0 Å². The Labute approximate surface area is 189 Å². The predicted molar refractivity (Wildman–Crippen MR) is 133 cm³/mol. The van der Waals surface area contributed by atoms with Gasteiger partial charge < -0.3 is 9.53 Å². The Balaban J connectivity index is 2.43. The molecular formula is C25H37NO3SSi. The third kappa shape index (κ3) is 6.39. The first kappa shape index (κ1) is 25.5. The summed E-state index contributed by atoms with van der Waals surface area (Å²) < 4.78 is 24.2. The minimum absolute atomic E-state index is 0.0581. The second-order valence-electron chi connectivity index (χ2n) is 9.45. The molecule has 0 saturated carbocycles. The highest BCUT2D eigenvalue weighted by atomic mass is 32.2. The second kappa shape index (κ2) is 10.3. The number of hydrogen-bond donors (Lipinski definition) is 1. The van der Waals surface area contributed by atoms with Crippen LogP contribution in [-0.4, -0.2) is 37.4 Å². The van der Waals surface area contributed by atoms with Crippen molar-refractivity contribution in [1.29, 1.82) is 0 Å². The van der Waals surface area contributed by atoms with Gasteiger partial charge in [-0.05, 0) is 42.8 Å². The van der Waals surface area contributed by atoms with Crippen molar-refractivity contribution in [2.45, 2.75) is 62.7 Å². The lowest BCUT2D eigenvalue weighted by molar-refractivity contribution is 0.0860. The Bertz CT molecular complexity index is 988. The van der Waals surface area contributed by atoms with Crippen LogP contribution >= 0.6 is 0 Å². The Kier molecular flexibility index (Phi) is 8.45. The number of benzene rings is 2. The maximum atomic E-state index is 13.6. The fourth-order valence-corrected chi connectivity index (χ4v) is 5.89. The molecule has 0 bridgehead atoms. The summed E-state index contributed by atoms with van der Waals surface area (Å²) in [6, 6.07) is 19.1. The molecule has 2 aromatic carbocycles. The lowest BCUT2D eigenvalue weighted by Crippen LogP contribution is -2.43. The zero-order valence-electron chi connectivity index (χ0n) is 19.8. The normalized spacial score (nSPS) is 17.0. The van der Waals surface area contributed by atoms with E-state index in [1.165, 1.54) is 0 Å². The molecule has 31 heavy (non-hydrogen) atoms. The van der Waals surface area contributed by atoms with E-state index < -0.39 is 24.2 Å². The number of hydrogen-bond acceptors (Lipinski definition) is 4. The van der Waals surface area contributed by atoms with Crippen LogP contribution in [-0.2, 0) is 14.2 Å². The average molecular weight is 460 g/mol. The van der Waals surface area contributed by atoms with Crippen LogP contribution in [0.5, 0.6) is 0 Å². The van der Waals surface area contributed by atoms with Crippen molar-refractivity contribution >= 4 is 18.0 Å². The molecule has 2 rings (SSSR count). The van der Waals surface area contributed by atoms with Crippen molar-refractivity contribution in [1.82, 2.24) is 0 Å². The van der Waals surface area contributed by atoms with Crippen LogP contribution in [0.2, 0.25) is 18.1 Å². The molecule has 0 radical (unpaired) electrons. The van der Waals surface area contributed by atoms with Crippen molar-refractivity contribution in [3.05, 3.63) is 77.2 Å². The first-order valence-electron chi connectivity index (χ1n) is 10.7. The average Bonchev–Trinajstić information content (AvgIpc) is 2.73. The molecule has 0 aliphatic heterocycles. The molecule has 0 aromatic heterocycles. The van der Waals surface area contributed by atoms with Crippen LogP contribution < -0.4 is 0 Å². The molecule has 0 spiro atoms. The van der Waals surface area contributed by atoms with Gasteiger partial charge >= 0.3 is 0 Å².